The van der Waals surface area contributed by atoms with Gasteiger partial charge in [-0.25, -0.2) is 9.48 Å². The van der Waals surface area contributed by atoms with Gasteiger partial charge >= 0.3 is 5.97 Å². The second kappa shape index (κ2) is 9.90. The molecular weight excluding hydrogens is 557 g/mol. The van der Waals surface area contributed by atoms with E-state index in [0.717, 1.165) is 46.5 Å². The van der Waals surface area contributed by atoms with E-state index in [1.165, 1.54) is 11.3 Å². The largest absolute Gasteiger partial charge is 0.477 e. The number of carboxylic acids is 1. The zero-order valence-electron chi connectivity index (χ0n) is 19.0. The molecule has 6 rings (SSSR count). The Kier molecular flexibility index (Phi) is 6.80. The second-order valence-electron chi connectivity index (χ2n) is 8.60. The van der Waals surface area contributed by atoms with Crippen LogP contribution in [0, 0.1) is 0 Å². The van der Waals surface area contributed by atoms with E-state index in [-0.39, 0.29) is 29.2 Å². The van der Waals surface area contributed by atoms with Crippen LogP contribution >= 0.6 is 46.9 Å². The Morgan fingerprint density at radius 1 is 1.14 bits per heavy atom. The molecule has 0 saturated carbocycles. The van der Waals surface area contributed by atoms with Crippen LogP contribution in [-0.4, -0.2) is 36.3 Å². The number of aliphatic imine (C=N–C) groups is 1. The number of fused-ring (bicyclic) bond motifs is 1. The van der Waals surface area contributed by atoms with E-state index in [0.29, 0.717) is 22.0 Å². The SMILES string of the molecule is Cl.O=C(O)c1cc(C2=CN=C([C@@H]3CCc4cc(-c5cc(Cl)ccc5-n5cc(Cl)nn5)cc(=O)n43)C2)cs1. The number of halogens is 3. The van der Waals surface area contributed by atoms with Gasteiger partial charge in [-0.3, -0.25) is 9.79 Å². The Balaban J connectivity index is 0.00000280. The smallest absolute Gasteiger partial charge is 0.345 e. The van der Waals surface area contributed by atoms with E-state index in [9.17, 15) is 14.7 Å². The monoisotopic (exact) mass is 573 g/mol. The predicted octanol–water partition coefficient (Wildman–Crippen LogP) is 5.96. The van der Waals surface area contributed by atoms with Crippen LogP contribution in [0.25, 0.3) is 22.4 Å². The van der Waals surface area contributed by atoms with E-state index < -0.39 is 5.97 Å². The fourth-order valence-electron chi connectivity index (χ4n) is 4.81. The van der Waals surface area contributed by atoms with Crippen LogP contribution in [0.1, 0.15) is 39.8 Å². The van der Waals surface area contributed by atoms with Crippen LogP contribution in [0.4, 0.5) is 0 Å². The van der Waals surface area contributed by atoms with E-state index in [4.69, 9.17) is 23.2 Å². The van der Waals surface area contributed by atoms with E-state index in [2.05, 4.69) is 15.3 Å². The first-order chi connectivity index (χ1) is 17.4. The molecule has 0 fully saturated rings. The molecule has 2 aliphatic rings. The van der Waals surface area contributed by atoms with Crippen molar-refractivity contribution in [3.63, 3.8) is 0 Å². The van der Waals surface area contributed by atoms with Crippen LogP contribution in [0.5, 0.6) is 0 Å². The van der Waals surface area contributed by atoms with Gasteiger partial charge in [-0.2, -0.15) is 0 Å². The maximum Gasteiger partial charge on any atom is 0.345 e. The van der Waals surface area contributed by atoms with Crippen molar-refractivity contribution in [2.45, 2.75) is 25.3 Å². The van der Waals surface area contributed by atoms with Crippen molar-refractivity contribution in [3.8, 4) is 16.8 Å². The maximum absolute atomic E-state index is 13.4. The fourth-order valence-corrected chi connectivity index (χ4v) is 5.88. The molecule has 8 nitrogen and oxygen atoms in total. The molecule has 37 heavy (non-hydrogen) atoms. The molecule has 12 heteroatoms. The molecule has 2 aliphatic heterocycles. The van der Waals surface area contributed by atoms with Gasteiger partial charge in [-0.05, 0) is 65.3 Å². The third kappa shape index (κ3) is 4.64. The quantitative estimate of drug-likeness (QED) is 0.317. The molecule has 1 atom stereocenters. The molecule has 3 aromatic heterocycles. The molecule has 0 radical (unpaired) electrons. The Bertz CT molecular complexity index is 1670. The Hall–Kier alpha value is -3.24. The number of hydrogen-bond acceptors (Lipinski definition) is 6. The molecule has 4 aromatic rings. The molecule has 0 spiro atoms. The summed E-state index contributed by atoms with van der Waals surface area (Å²) in [5, 5.41) is 19.8. The van der Waals surface area contributed by atoms with Gasteiger partial charge in [0, 0.05) is 40.7 Å². The van der Waals surface area contributed by atoms with Crippen LogP contribution in [0.3, 0.4) is 0 Å². The van der Waals surface area contributed by atoms with Crippen molar-refractivity contribution in [2.75, 3.05) is 0 Å². The third-order valence-corrected chi connectivity index (χ3v) is 7.77. The number of aryl methyl sites for hydroxylation is 1. The van der Waals surface area contributed by atoms with Crippen molar-refractivity contribution in [1.29, 1.82) is 0 Å². The average Bonchev–Trinajstić information content (AvgIpc) is 3.63. The number of aromatic nitrogens is 4. The van der Waals surface area contributed by atoms with E-state index >= 15 is 0 Å². The van der Waals surface area contributed by atoms with Crippen LogP contribution < -0.4 is 5.56 Å². The molecule has 188 valence electrons. The molecule has 0 amide bonds. The molecule has 0 unspecified atom stereocenters. The normalized spacial score (nSPS) is 16.2. The van der Waals surface area contributed by atoms with Crippen molar-refractivity contribution in [1.82, 2.24) is 19.6 Å². The number of aromatic carboxylic acids is 1. The lowest BCUT2D eigenvalue weighted by Crippen LogP contribution is -2.27. The van der Waals surface area contributed by atoms with Gasteiger partial charge < -0.3 is 9.67 Å². The van der Waals surface area contributed by atoms with Gasteiger partial charge in [-0.1, -0.05) is 28.4 Å². The van der Waals surface area contributed by atoms with E-state index in [1.54, 1.807) is 41.3 Å². The third-order valence-electron chi connectivity index (χ3n) is 6.44. The van der Waals surface area contributed by atoms with Gasteiger partial charge in [0.15, 0.2) is 5.15 Å². The van der Waals surface area contributed by atoms with Crippen molar-refractivity contribution >= 4 is 64.2 Å². The molecule has 1 aromatic carbocycles. The number of rotatable bonds is 5. The highest BCUT2D eigenvalue weighted by molar-refractivity contribution is 7.12. The van der Waals surface area contributed by atoms with Crippen molar-refractivity contribution in [3.05, 3.63) is 90.8 Å². The topological polar surface area (TPSA) is 102 Å². The molecule has 0 saturated heterocycles. The number of pyridine rings is 1. The minimum atomic E-state index is -0.937. The molecular formula is C25H18Cl3N5O3S. The Morgan fingerprint density at radius 3 is 2.70 bits per heavy atom. The molecule has 0 aliphatic carbocycles. The molecule has 0 bridgehead atoms. The highest BCUT2D eigenvalue weighted by Gasteiger charge is 2.30. The first-order valence-corrected chi connectivity index (χ1v) is 12.7. The van der Waals surface area contributed by atoms with Crippen molar-refractivity contribution < 1.29 is 9.90 Å². The molecule has 1 N–H and O–H groups in total. The summed E-state index contributed by atoms with van der Waals surface area (Å²) in [4.78, 5) is 29.5. The predicted molar refractivity (Wildman–Crippen MR) is 147 cm³/mol. The summed E-state index contributed by atoms with van der Waals surface area (Å²) in [6.07, 6.45) is 5.46. The number of allylic oxidation sites excluding steroid dienone is 1. The fraction of sp³-hybridized carbons (Fsp3) is 0.160. The first kappa shape index (κ1) is 25.4. The average molecular weight is 575 g/mol. The van der Waals surface area contributed by atoms with Crippen LogP contribution in [0.2, 0.25) is 10.2 Å². The maximum atomic E-state index is 13.4. The van der Waals surface area contributed by atoms with Gasteiger partial charge in [0.1, 0.15) is 4.88 Å². The number of thiophene rings is 1. The van der Waals surface area contributed by atoms with Gasteiger partial charge in [-0.15, -0.1) is 28.8 Å². The lowest BCUT2D eigenvalue weighted by molar-refractivity contribution is 0.0702. The van der Waals surface area contributed by atoms with Crippen LogP contribution in [0.15, 0.2) is 64.0 Å². The summed E-state index contributed by atoms with van der Waals surface area (Å²) in [5.41, 5.74) is 5.73. The number of hydrogen-bond donors (Lipinski definition) is 1. The minimum absolute atomic E-state index is 0. The summed E-state index contributed by atoms with van der Waals surface area (Å²) in [6, 6.07) is 10.5. The zero-order chi connectivity index (χ0) is 25.0. The number of benzene rings is 1. The Labute approximate surface area is 230 Å². The first-order valence-electron chi connectivity index (χ1n) is 11.1. The summed E-state index contributed by atoms with van der Waals surface area (Å²) in [5.74, 6) is -0.937. The van der Waals surface area contributed by atoms with Gasteiger partial charge in [0.25, 0.3) is 5.56 Å². The van der Waals surface area contributed by atoms with Gasteiger partial charge in [0.2, 0.25) is 0 Å². The minimum Gasteiger partial charge on any atom is -0.477 e. The molecule has 5 heterocycles. The summed E-state index contributed by atoms with van der Waals surface area (Å²) < 4.78 is 3.37. The van der Waals surface area contributed by atoms with Crippen LogP contribution in [-0.2, 0) is 6.42 Å². The number of carboxylic acid groups (broad SMARTS) is 1. The highest BCUT2D eigenvalue weighted by Crippen LogP contribution is 2.36. The number of carbonyl (C=O) groups is 1. The standard InChI is InChI=1S/C25H17Cl2N5O3S.ClH/c26-16-1-3-20(31-11-23(27)29-30-31)18(9-16)13-5-17-2-4-21(32(17)24(33)8-13)19-6-14(10-28-19)15-7-22(25(34)35)36-12-15;/h1,3,5,7-12,21H,2,4,6H2,(H,34,35);1H/t21-;/m0./s1. The summed E-state index contributed by atoms with van der Waals surface area (Å²) in [7, 11) is 0. The van der Waals surface area contributed by atoms with Gasteiger partial charge in [0.05, 0.1) is 17.9 Å². The summed E-state index contributed by atoms with van der Waals surface area (Å²) in [6.45, 7) is 0. The van der Waals surface area contributed by atoms with E-state index in [1.807, 2.05) is 22.1 Å². The Morgan fingerprint density at radius 2 is 1.97 bits per heavy atom. The lowest BCUT2D eigenvalue weighted by atomic mass is 10.0. The second-order valence-corrected chi connectivity index (χ2v) is 10.3. The highest BCUT2D eigenvalue weighted by atomic mass is 35.5. The number of nitrogens with zero attached hydrogens (tertiary/aromatic N) is 5. The lowest BCUT2D eigenvalue weighted by Gasteiger charge is -2.17. The summed E-state index contributed by atoms with van der Waals surface area (Å²) >= 11 is 13.5. The van der Waals surface area contributed by atoms with Crippen molar-refractivity contribution in [2.24, 2.45) is 4.99 Å². The zero-order valence-corrected chi connectivity index (χ0v) is 22.1.